The van der Waals surface area contributed by atoms with Gasteiger partial charge in [-0.3, -0.25) is 0 Å². The molecule has 0 aliphatic heterocycles. The molecule has 2 aromatic carbocycles. The molecule has 3 heteroatoms. The van der Waals surface area contributed by atoms with E-state index in [9.17, 15) is 4.79 Å². The molecule has 2 aliphatic carbocycles. The number of hydrogen-bond acceptors (Lipinski definition) is 3. The van der Waals surface area contributed by atoms with Crippen molar-refractivity contribution in [1.29, 1.82) is 0 Å². The Morgan fingerprint density at radius 2 is 1.51 bits per heavy atom. The molecule has 0 saturated heterocycles. The maximum absolute atomic E-state index is 11.6. The summed E-state index contributed by atoms with van der Waals surface area (Å²) < 4.78 is 5.36. The predicted molar refractivity (Wildman–Crippen MR) is 152 cm³/mol. The SMILES string of the molecule is C=CC(=O)OCc1cc(CCCO)ccc1CCc1ccc(C2CCC(C3CCC(C)CC3)CC2)cc1. The molecule has 200 valence electrons. The van der Waals surface area contributed by atoms with E-state index in [0.29, 0.717) is 0 Å². The summed E-state index contributed by atoms with van der Waals surface area (Å²) in [5.74, 6) is 3.24. The normalized spacial score (nSPS) is 23.9. The fraction of sp³-hybridized carbons (Fsp3) is 0.559. The standard InChI is InChI=1S/C34H46O3/c1-3-34(36)37-24-33-23-27(5-4-22-35)11-17-32(33)16-10-26-8-14-29(15-9-26)31-20-18-30(19-21-31)28-12-6-25(2)7-13-28/h3,8-9,11,14-15,17,23,25,28,30-31,35H,1,4-7,10,12-13,16,18-22,24H2,2H3. The average molecular weight is 503 g/mol. The van der Waals surface area contributed by atoms with Gasteiger partial charge in [-0.15, -0.1) is 0 Å². The van der Waals surface area contributed by atoms with Gasteiger partial charge < -0.3 is 9.84 Å². The van der Waals surface area contributed by atoms with Crippen molar-refractivity contribution in [1.82, 2.24) is 0 Å². The van der Waals surface area contributed by atoms with Gasteiger partial charge in [0.1, 0.15) is 6.61 Å². The molecular weight excluding hydrogens is 456 g/mol. The Morgan fingerprint density at radius 1 is 0.865 bits per heavy atom. The van der Waals surface area contributed by atoms with Crippen LogP contribution in [-0.4, -0.2) is 17.7 Å². The highest BCUT2D eigenvalue weighted by atomic mass is 16.5. The Morgan fingerprint density at radius 3 is 2.16 bits per heavy atom. The zero-order valence-electron chi connectivity index (χ0n) is 22.8. The Labute approximate surface area is 224 Å². The lowest BCUT2D eigenvalue weighted by Gasteiger charge is -2.37. The molecule has 37 heavy (non-hydrogen) atoms. The Kier molecular flexibility index (Phi) is 10.4. The number of rotatable bonds is 11. The first kappa shape index (κ1) is 27.6. The van der Waals surface area contributed by atoms with E-state index in [2.05, 4.69) is 56.0 Å². The summed E-state index contributed by atoms with van der Waals surface area (Å²) in [5, 5.41) is 9.17. The van der Waals surface area contributed by atoms with Crippen LogP contribution in [0.5, 0.6) is 0 Å². The monoisotopic (exact) mass is 502 g/mol. The zero-order chi connectivity index (χ0) is 26.0. The van der Waals surface area contributed by atoms with Crippen LogP contribution < -0.4 is 0 Å². The lowest BCUT2D eigenvalue weighted by Crippen LogP contribution is -2.24. The van der Waals surface area contributed by atoms with Gasteiger partial charge >= 0.3 is 5.97 Å². The molecule has 0 radical (unpaired) electrons. The molecule has 0 atom stereocenters. The van der Waals surface area contributed by atoms with Crippen molar-refractivity contribution in [3.05, 3.63) is 82.9 Å². The van der Waals surface area contributed by atoms with Gasteiger partial charge in [0, 0.05) is 12.7 Å². The molecule has 2 fully saturated rings. The molecule has 2 saturated carbocycles. The fourth-order valence-electron chi connectivity index (χ4n) is 6.62. The molecule has 0 amide bonds. The summed E-state index contributed by atoms with van der Waals surface area (Å²) in [4.78, 5) is 11.6. The molecule has 0 unspecified atom stereocenters. The molecule has 0 bridgehead atoms. The van der Waals surface area contributed by atoms with Crippen molar-refractivity contribution in [3.63, 3.8) is 0 Å². The molecular formula is C34H46O3. The molecule has 0 spiro atoms. The third-order valence-electron chi connectivity index (χ3n) is 9.06. The van der Waals surface area contributed by atoms with Gasteiger partial charge in [0.25, 0.3) is 0 Å². The van der Waals surface area contributed by atoms with Crippen molar-refractivity contribution in [2.45, 2.75) is 96.5 Å². The number of esters is 1. The summed E-state index contributed by atoms with van der Waals surface area (Å²) >= 11 is 0. The summed E-state index contributed by atoms with van der Waals surface area (Å²) in [6.45, 7) is 6.36. The maximum atomic E-state index is 11.6. The van der Waals surface area contributed by atoms with Crippen molar-refractivity contribution >= 4 is 5.97 Å². The highest BCUT2D eigenvalue weighted by Gasteiger charge is 2.30. The number of benzene rings is 2. The first-order valence-electron chi connectivity index (χ1n) is 14.6. The van der Waals surface area contributed by atoms with Crippen LogP contribution in [0.25, 0.3) is 0 Å². The summed E-state index contributed by atoms with van der Waals surface area (Å²) in [5.41, 5.74) is 6.30. The highest BCUT2D eigenvalue weighted by Crippen LogP contribution is 2.43. The quantitative estimate of drug-likeness (QED) is 0.253. The van der Waals surface area contributed by atoms with E-state index in [4.69, 9.17) is 9.84 Å². The van der Waals surface area contributed by atoms with E-state index in [1.165, 1.54) is 79.7 Å². The van der Waals surface area contributed by atoms with E-state index in [-0.39, 0.29) is 13.2 Å². The molecule has 0 heterocycles. The topological polar surface area (TPSA) is 46.5 Å². The predicted octanol–water partition coefficient (Wildman–Crippen LogP) is 7.73. The average Bonchev–Trinajstić information content (AvgIpc) is 2.95. The second kappa shape index (κ2) is 14.0. The van der Waals surface area contributed by atoms with Crippen LogP contribution in [0, 0.1) is 17.8 Å². The number of carbonyl (C=O) groups is 1. The first-order chi connectivity index (χ1) is 18.1. The number of aryl methyl sites for hydroxylation is 3. The molecule has 3 nitrogen and oxygen atoms in total. The van der Waals surface area contributed by atoms with E-state index < -0.39 is 5.97 Å². The van der Waals surface area contributed by atoms with E-state index in [0.717, 1.165) is 54.9 Å². The number of ether oxygens (including phenoxy) is 1. The molecule has 1 N–H and O–H groups in total. The van der Waals surface area contributed by atoms with Gasteiger partial charge in [0.05, 0.1) is 0 Å². The van der Waals surface area contributed by atoms with Gasteiger partial charge in [-0.05, 0) is 116 Å². The third-order valence-corrected chi connectivity index (χ3v) is 9.06. The second-order valence-corrected chi connectivity index (χ2v) is 11.6. The van der Waals surface area contributed by atoms with Gasteiger partial charge in [-0.2, -0.15) is 0 Å². The van der Waals surface area contributed by atoms with Gasteiger partial charge in [-0.1, -0.05) is 68.8 Å². The summed E-state index contributed by atoms with van der Waals surface area (Å²) in [7, 11) is 0. The van der Waals surface area contributed by atoms with Crippen molar-refractivity contribution in [2.75, 3.05) is 6.61 Å². The number of carbonyl (C=O) groups excluding carboxylic acids is 1. The maximum Gasteiger partial charge on any atom is 0.330 e. The Balaban J connectivity index is 1.31. The fourth-order valence-corrected chi connectivity index (χ4v) is 6.62. The van der Waals surface area contributed by atoms with Crippen molar-refractivity contribution in [2.24, 2.45) is 17.8 Å². The van der Waals surface area contributed by atoms with Crippen LogP contribution in [0.2, 0.25) is 0 Å². The number of aliphatic hydroxyl groups excluding tert-OH is 1. The minimum atomic E-state index is -0.398. The van der Waals surface area contributed by atoms with Gasteiger partial charge in [0.2, 0.25) is 0 Å². The van der Waals surface area contributed by atoms with Crippen LogP contribution in [0.3, 0.4) is 0 Å². The largest absolute Gasteiger partial charge is 0.458 e. The Hall–Kier alpha value is -2.39. The van der Waals surface area contributed by atoms with E-state index >= 15 is 0 Å². The van der Waals surface area contributed by atoms with E-state index in [1.54, 1.807) is 0 Å². The third kappa shape index (κ3) is 8.04. The summed E-state index contributed by atoms with van der Waals surface area (Å²) in [6.07, 6.45) is 16.0. The highest BCUT2D eigenvalue weighted by molar-refractivity contribution is 5.81. The number of aliphatic hydroxyl groups is 1. The lowest BCUT2D eigenvalue weighted by atomic mass is 9.68. The van der Waals surface area contributed by atoms with Crippen LogP contribution in [-0.2, 0) is 35.4 Å². The van der Waals surface area contributed by atoms with Gasteiger partial charge in [0.15, 0.2) is 0 Å². The van der Waals surface area contributed by atoms with Crippen LogP contribution in [0.15, 0.2) is 55.1 Å². The molecule has 2 aliphatic rings. The molecule has 4 rings (SSSR count). The summed E-state index contributed by atoms with van der Waals surface area (Å²) in [6, 6.07) is 15.8. The second-order valence-electron chi connectivity index (χ2n) is 11.6. The first-order valence-corrected chi connectivity index (χ1v) is 14.6. The lowest BCUT2D eigenvalue weighted by molar-refractivity contribution is -0.138. The minimum Gasteiger partial charge on any atom is -0.458 e. The smallest absolute Gasteiger partial charge is 0.330 e. The Bertz CT molecular complexity index is 992. The van der Waals surface area contributed by atoms with Crippen molar-refractivity contribution in [3.8, 4) is 0 Å². The van der Waals surface area contributed by atoms with Crippen LogP contribution in [0.1, 0.15) is 98.4 Å². The van der Waals surface area contributed by atoms with Crippen LogP contribution >= 0.6 is 0 Å². The zero-order valence-corrected chi connectivity index (χ0v) is 22.8. The minimum absolute atomic E-state index is 0.180. The van der Waals surface area contributed by atoms with Crippen molar-refractivity contribution < 1.29 is 14.6 Å². The van der Waals surface area contributed by atoms with Crippen LogP contribution in [0.4, 0.5) is 0 Å². The van der Waals surface area contributed by atoms with Gasteiger partial charge in [-0.25, -0.2) is 4.79 Å². The van der Waals surface area contributed by atoms with E-state index in [1.807, 2.05) is 0 Å². The number of hydrogen-bond donors (Lipinski definition) is 1. The molecule has 0 aromatic heterocycles. The molecule has 2 aromatic rings.